The average molecular weight is 157 g/mol. The quantitative estimate of drug-likeness (QED) is 0.377. The molecule has 1 saturated heterocycles. The Kier molecular flexibility index (Phi) is 2.84. The van der Waals surface area contributed by atoms with Crippen molar-refractivity contribution in [1.82, 2.24) is 4.90 Å². The van der Waals surface area contributed by atoms with Crippen molar-refractivity contribution in [3.63, 3.8) is 0 Å². The number of likely N-dealkylation sites (tertiary alicyclic amines) is 1. The fourth-order valence-corrected chi connectivity index (χ4v) is 1.53. The second-order valence-corrected chi connectivity index (χ2v) is 2.97. The molecule has 0 aliphatic carbocycles. The van der Waals surface area contributed by atoms with E-state index in [0.717, 1.165) is 19.4 Å². The highest BCUT2D eigenvalue weighted by molar-refractivity contribution is 5.79. The number of aliphatic hydroxyl groups is 1. The number of aliphatic hydroxyl groups excluding tert-OH is 1. The second kappa shape index (κ2) is 3.69. The van der Waals surface area contributed by atoms with Crippen LogP contribution in [0.4, 0.5) is 0 Å². The zero-order valence-corrected chi connectivity index (χ0v) is 6.58. The molecule has 0 saturated carbocycles. The molecule has 4 heteroatoms. The Morgan fingerprint density at radius 1 is 1.73 bits per heavy atom. The van der Waals surface area contributed by atoms with Crippen molar-refractivity contribution >= 4 is 5.84 Å². The Morgan fingerprint density at radius 2 is 2.45 bits per heavy atom. The third-order valence-electron chi connectivity index (χ3n) is 2.08. The summed E-state index contributed by atoms with van der Waals surface area (Å²) in [4.78, 5) is 2.06. The minimum Gasteiger partial charge on any atom is -0.395 e. The maximum absolute atomic E-state index is 8.90. The summed E-state index contributed by atoms with van der Waals surface area (Å²) in [5.41, 5.74) is 5.25. The third kappa shape index (κ3) is 2.17. The molecule has 1 fully saturated rings. The van der Waals surface area contributed by atoms with E-state index >= 15 is 0 Å². The van der Waals surface area contributed by atoms with Crippen LogP contribution in [0.2, 0.25) is 0 Å². The van der Waals surface area contributed by atoms with Crippen molar-refractivity contribution in [2.75, 3.05) is 19.7 Å². The first-order valence-corrected chi connectivity index (χ1v) is 3.92. The number of amidine groups is 1. The van der Waals surface area contributed by atoms with Crippen molar-refractivity contribution in [2.45, 2.75) is 18.9 Å². The van der Waals surface area contributed by atoms with Gasteiger partial charge in [0.15, 0.2) is 0 Å². The summed E-state index contributed by atoms with van der Waals surface area (Å²) < 4.78 is 0. The lowest BCUT2D eigenvalue weighted by molar-refractivity contribution is 0.173. The van der Waals surface area contributed by atoms with Crippen LogP contribution in [0.5, 0.6) is 0 Å². The van der Waals surface area contributed by atoms with Crippen molar-refractivity contribution in [2.24, 2.45) is 5.73 Å². The lowest BCUT2D eigenvalue weighted by atomic mass is 10.2. The van der Waals surface area contributed by atoms with Crippen molar-refractivity contribution in [3.05, 3.63) is 0 Å². The highest BCUT2D eigenvalue weighted by Crippen LogP contribution is 2.15. The van der Waals surface area contributed by atoms with Gasteiger partial charge in [-0.3, -0.25) is 10.3 Å². The summed E-state index contributed by atoms with van der Waals surface area (Å²) in [6.07, 6.45) is 2.14. The van der Waals surface area contributed by atoms with Crippen molar-refractivity contribution < 1.29 is 5.11 Å². The lowest BCUT2D eigenvalue weighted by Crippen LogP contribution is -2.38. The molecule has 4 nitrogen and oxygen atoms in total. The molecule has 1 unspecified atom stereocenters. The second-order valence-electron chi connectivity index (χ2n) is 2.97. The molecule has 0 spiro atoms. The maximum atomic E-state index is 8.90. The van der Waals surface area contributed by atoms with E-state index in [1.54, 1.807) is 0 Å². The number of hydrogen-bond donors (Lipinski definition) is 3. The van der Waals surface area contributed by atoms with E-state index in [9.17, 15) is 0 Å². The molecular formula is C7H15N3O. The van der Waals surface area contributed by atoms with E-state index in [1.807, 2.05) is 0 Å². The third-order valence-corrected chi connectivity index (χ3v) is 2.08. The molecule has 1 aliphatic rings. The van der Waals surface area contributed by atoms with E-state index in [2.05, 4.69) is 4.90 Å². The van der Waals surface area contributed by atoms with Gasteiger partial charge in [-0.2, -0.15) is 0 Å². The first-order valence-electron chi connectivity index (χ1n) is 3.92. The molecule has 1 heterocycles. The summed E-state index contributed by atoms with van der Waals surface area (Å²) in [6.45, 7) is 1.66. The Balaban J connectivity index is 2.37. The molecule has 4 N–H and O–H groups in total. The Morgan fingerprint density at radius 3 is 3.00 bits per heavy atom. The van der Waals surface area contributed by atoms with Gasteiger partial charge < -0.3 is 10.8 Å². The Bertz CT molecular complexity index is 149. The topological polar surface area (TPSA) is 73.3 Å². The van der Waals surface area contributed by atoms with Gasteiger partial charge in [0.25, 0.3) is 0 Å². The monoisotopic (exact) mass is 157 g/mol. The van der Waals surface area contributed by atoms with Crippen molar-refractivity contribution in [1.29, 1.82) is 5.41 Å². The van der Waals surface area contributed by atoms with Crippen molar-refractivity contribution in [3.8, 4) is 0 Å². The molecular weight excluding hydrogens is 142 g/mol. The highest BCUT2D eigenvalue weighted by Gasteiger charge is 2.23. The van der Waals surface area contributed by atoms with Crippen LogP contribution in [-0.4, -0.2) is 41.6 Å². The van der Waals surface area contributed by atoms with Gasteiger partial charge >= 0.3 is 0 Å². The summed E-state index contributed by atoms with van der Waals surface area (Å²) in [6, 6.07) is 0.235. The zero-order chi connectivity index (χ0) is 8.27. The van der Waals surface area contributed by atoms with E-state index in [4.69, 9.17) is 16.2 Å². The van der Waals surface area contributed by atoms with E-state index in [0.29, 0.717) is 6.54 Å². The fourth-order valence-electron chi connectivity index (χ4n) is 1.53. The fraction of sp³-hybridized carbons (Fsp3) is 0.857. The molecule has 0 aromatic heterocycles. The zero-order valence-electron chi connectivity index (χ0n) is 6.58. The van der Waals surface area contributed by atoms with Gasteiger partial charge in [-0.05, 0) is 19.4 Å². The number of nitrogens with two attached hydrogens (primary N) is 1. The van der Waals surface area contributed by atoms with Gasteiger partial charge in [-0.25, -0.2) is 0 Å². The van der Waals surface area contributed by atoms with Gasteiger partial charge in [0.1, 0.15) is 5.84 Å². The molecule has 0 aromatic carbocycles. The number of rotatable bonds is 3. The van der Waals surface area contributed by atoms with Gasteiger partial charge in [-0.1, -0.05) is 0 Å². The maximum Gasteiger partial charge on any atom is 0.105 e. The largest absolute Gasteiger partial charge is 0.395 e. The van der Waals surface area contributed by atoms with E-state index in [-0.39, 0.29) is 18.5 Å². The van der Waals surface area contributed by atoms with Gasteiger partial charge in [0, 0.05) is 6.04 Å². The normalized spacial score (nSPS) is 25.7. The number of nitrogens with one attached hydrogen (secondary N) is 1. The van der Waals surface area contributed by atoms with E-state index in [1.165, 1.54) is 0 Å². The first kappa shape index (κ1) is 8.49. The Hall–Kier alpha value is -0.610. The van der Waals surface area contributed by atoms with Crippen LogP contribution in [0.15, 0.2) is 0 Å². The van der Waals surface area contributed by atoms with Crippen LogP contribution in [0.1, 0.15) is 12.8 Å². The van der Waals surface area contributed by atoms with Crippen LogP contribution in [-0.2, 0) is 0 Å². The van der Waals surface area contributed by atoms with Crippen LogP contribution in [0, 0.1) is 5.41 Å². The summed E-state index contributed by atoms with van der Waals surface area (Å²) >= 11 is 0. The standard InChI is InChI=1S/C7H15N3O/c8-7(9)4-10-3-1-2-6(10)5-11/h6,11H,1-5H2,(H3,8,9). The molecule has 1 atom stereocenters. The predicted molar refractivity (Wildman–Crippen MR) is 43.6 cm³/mol. The molecule has 64 valence electrons. The molecule has 0 amide bonds. The number of nitrogens with zero attached hydrogens (tertiary/aromatic N) is 1. The van der Waals surface area contributed by atoms with Gasteiger partial charge in [0.05, 0.1) is 13.2 Å². The van der Waals surface area contributed by atoms with Crippen LogP contribution in [0.3, 0.4) is 0 Å². The molecule has 0 aromatic rings. The molecule has 1 rings (SSSR count). The summed E-state index contributed by atoms with van der Waals surface area (Å²) in [7, 11) is 0. The number of hydrogen-bond acceptors (Lipinski definition) is 3. The first-order chi connectivity index (χ1) is 5.24. The lowest BCUT2D eigenvalue weighted by Gasteiger charge is -2.21. The molecule has 0 bridgehead atoms. The molecule has 11 heavy (non-hydrogen) atoms. The average Bonchev–Trinajstić information content (AvgIpc) is 2.34. The highest BCUT2D eigenvalue weighted by atomic mass is 16.3. The summed E-state index contributed by atoms with van der Waals surface area (Å²) in [5.74, 6) is 0.186. The molecule has 0 radical (unpaired) electrons. The Labute approximate surface area is 66.5 Å². The minimum atomic E-state index is 0.186. The minimum absolute atomic E-state index is 0.186. The van der Waals surface area contributed by atoms with Crippen LogP contribution in [0.25, 0.3) is 0 Å². The van der Waals surface area contributed by atoms with E-state index < -0.39 is 0 Å². The smallest absolute Gasteiger partial charge is 0.105 e. The van der Waals surface area contributed by atoms with Crippen LogP contribution < -0.4 is 5.73 Å². The van der Waals surface area contributed by atoms with Gasteiger partial charge in [0.2, 0.25) is 0 Å². The SMILES string of the molecule is N=C(N)CN1CCCC1CO. The summed E-state index contributed by atoms with van der Waals surface area (Å²) in [5, 5.41) is 16.0. The predicted octanol–water partition coefficient (Wildman–Crippen LogP) is -0.621. The van der Waals surface area contributed by atoms with Gasteiger partial charge in [-0.15, -0.1) is 0 Å². The molecule has 1 aliphatic heterocycles. The van der Waals surface area contributed by atoms with Crippen LogP contribution >= 0.6 is 0 Å².